The maximum Gasteiger partial charge on any atom is 0.161 e. The van der Waals surface area contributed by atoms with Gasteiger partial charge in [-0.1, -0.05) is 44.0 Å². The van der Waals surface area contributed by atoms with E-state index < -0.39 is 0 Å². The van der Waals surface area contributed by atoms with E-state index in [2.05, 4.69) is 48.9 Å². The molecule has 0 aliphatic rings. The summed E-state index contributed by atoms with van der Waals surface area (Å²) in [5.41, 5.74) is 2.88. The number of nitrogens with zero attached hydrogens (tertiary/aromatic N) is 1. The third-order valence-corrected chi connectivity index (χ3v) is 4.11. The number of ketones is 1. The number of carbonyl (C=O) groups is 1. The van der Waals surface area contributed by atoms with E-state index in [0.717, 1.165) is 26.7 Å². The lowest BCUT2D eigenvalue weighted by atomic mass is 10.1. The Hall–Kier alpha value is -1.13. The third kappa shape index (κ3) is 3.70. The van der Waals surface area contributed by atoms with E-state index in [0.29, 0.717) is 0 Å². The second-order valence-corrected chi connectivity index (χ2v) is 6.53. The van der Waals surface area contributed by atoms with Crippen molar-refractivity contribution in [2.45, 2.75) is 13.5 Å². The first-order valence-corrected chi connectivity index (χ1v) is 7.82. The lowest BCUT2D eigenvalue weighted by molar-refractivity contribution is 0.101. The minimum atomic E-state index is 0.0788. The molecule has 2 nitrogen and oxygen atoms in total. The van der Waals surface area contributed by atoms with Gasteiger partial charge in [0.25, 0.3) is 0 Å². The van der Waals surface area contributed by atoms with Crippen molar-refractivity contribution in [3.8, 4) is 0 Å². The average Bonchev–Trinajstić information content (AvgIpc) is 2.41. The largest absolute Gasteiger partial charge is 0.370 e. The maximum absolute atomic E-state index is 11.7. The molecule has 0 fully saturated rings. The van der Waals surface area contributed by atoms with Crippen LogP contribution in [0.2, 0.25) is 0 Å². The summed E-state index contributed by atoms with van der Waals surface area (Å²) in [5.74, 6) is 0.0788. The van der Waals surface area contributed by atoms with Crippen molar-refractivity contribution in [3.05, 3.63) is 62.5 Å². The van der Waals surface area contributed by atoms with Crippen molar-refractivity contribution >= 4 is 43.3 Å². The highest BCUT2D eigenvalue weighted by molar-refractivity contribution is 9.10. The Labute approximate surface area is 136 Å². The van der Waals surface area contributed by atoms with Gasteiger partial charge in [-0.3, -0.25) is 4.79 Å². The Bertz CT molecular complexity index is 623. The zero-order chi connectivity index (χ0) is 14.7. The van der Waals surface area contributed by atoms with Gasteiger partial charge >= 0.3 is 0 Å². The molecule has 0 saturated carbocycles. The Morgan fingerprint density at radius 3 is 2.25 bits per heavy atom. The van der Waals surface area contributed by atoms with Crippen LogP contribution in [0, 0.1) is 0 Å². The van der Waals surface area contributed by atoms with Gasteiger partial charge in [0.05, 0.1) is 0 Å². The minimum absolute atomic E-state index is 0.0788. The fourth-order valence-corrected chi connectivity index (χ4v) is 2.68. The Kier molecular flexibility index (Phi) is 5.00. The van der Waals surface area contributed by atoms with Gasteiger partial charge in [0.1, 0.15) is 0 Å². The number of hydrogen-bond acceptors (Lipinski definition) is 2. The molecule has 0 aliphatic carbocycles. The van der Waals surface area contributed by atoms with Crippen LogP contribution >= 0.6 is 31.9 Å². The third-order valence-electron chi connectivity index (χ3n) is 3.08. The minimum Gasteiger partial charge on any atom is -0.370 e. The van der Waals surface area contributed by atoms with Crippen LogP contribution in [0.15, 0.2) is 51.4 Å². The molecular formula is C16H15Br2NO. The van der Waals surface area contributed by atoms with E-state index in [1.165, 1.54) is 5.56 Å². The van der Waals surface area contributed by atoms with Gasteiger partial charge in [-0.05, 0) is 42.8 Å². The van der Waals surface area contributed by atoms with Crippen LogP contribution in [0.1, 0.15) is 22.8 Å². The molecule has 0 spiro atoms. The molecule has 0 saturated heterocycles. The van der Waals surface area contributed by atoms with E-state index in [1.54, 1.807) is 6.92 Å². The van der Waals surface area contributed by atoms with Crippen LogP contribution in [0.3, 0.4) is 0 Å². The van der Waals surface area contributed by atoms with Crippen molar-refractivity contribution in [2.24, 2.45) is 0 Å². The first-order chi connectivity index (χ1) is 9.47. The summed E-state index contributed by atoms with van der Waals surface area (Å²) in [4.78, 5) is 13.8. The van der Waals surface area contributed by atoms with Crippen molar-refractivity contribution in [1.82, 2.24) is 0 Å². The second-order valence-electron chi connectivity index (χ2n) is 4.70. The van der Waals surface area contributed by atoms with E-state index in [-0.39, 0.29) is 5.78 Å². The molecule has 0 N–H and O–H groups in total. The highest BCUT2D eigenvalue weighted by atomic mass is 79.9. The molecule has 0 amide bonds. The molecule has 20 heavy (non-hydrogen) atoms. The molecule has 2 aromatic carbocycles. The van der Waals surface area contributed by atoms with E-state index >= 15 is 0 Å². The van der Waals surface area contributed by atoms with Gasteiger partial charge in [0, 0.05) is 33.8 Å². The molecule has 4 heteroatoms. The Morgan fingerprint density at radius 2 is 1.65 bits per heavy atom. The summed E-state index contributed by atoms with van der Waals surface area (Å²) in [6.07, 6.45) is 0. The smallest absolute Gasteiger partial charge is 0.161 e. The average molecular weight is 397 g/mol. The Balaban J connectivity index is 2.28. The van der Waals surface area contributed by atoms with Crippen LogP contribution < -0.4 is 4.90 Å². The number of benzene rings is 2. The number of anilines is 1. The molecule has 0 aliphatic heterocycles. The van der Waals surface area contributed by atoms with Crippen LogP contribution in [0.4, 0.5) is 5.69 Å². The van der Waals surface area contributed by atoms with Crippen LogP contribution in [-0.2, 0) is 6.54 Å². The van der Waals surface area contributed by atoms with E-state index in [4.69, 9.17) is 0 Å². The number of Topliss-reactive ketones (excluding diaryl/α,β-unsaturated/α-hetero) is 1. The first-order valence-electron chi connectivity index (χ1n) is 6.23. The summed E-state index contributed by atoms with van der Waals surface area (Å²) in [6.45, 7) is 2.35. The van der Waals surface area contributed by atoms with Gasteiger partial charge in [-0.15, -0.1) is 0 Å². The van der Waals surface area contributed by atoms with Crippen molar-refractivity contribution in [3.63, 3.8) is 0 Å². The van der Waals surface area contributed by atoms with Crippen molar-refractivity contribution in [1.29, 1.82) is 0 Å². The molecule has 2 aromatic rings. The molecule has 0 unspecified atom stereocenters. The van der Waals surface area contributed by atoms with Gasteiger partial charge in [-0.2, -0.15) is 0 Å². The lowest BCUT2D eigenvalue weighted by Gasteiger charge is -2.22. The molecule has 0 atom stereocenters. The fraction of sp³-hybridized carbons (Fsp3) is 0.188. The van der Waals surface area contributed by atoms with Gasteiger partial charge in [0.2, 0.25) is 0 Å². The summed E-state index contributed by atoms with van der Waals surface area (Å²) in [6, 6.07) is 13.9. The van der Waals surface area contributed by atoms with Crippen LogP contribution in [0.5, 0.6) is 0 Å². The van der Waals surface area contributed by atoms with E-state index in [9.17, 15) is 4.79 Å². The monoisotopic (exact) mass is 395 g/mol. The quantitative estimate of drug-likeness (QED) is 0.674. The molecule has 104 valence electrons. The number of hydrogen-bond donors (Lipinski definition) is 0. The predicted molar refractivity (Wildman–Crippen MR) is 90.4 cm³/mol. The maximum atomic E-state index is 11.7. The standard InChI is InChI=1S/C16H15Br2NO/c1-11(20)15-8-7-14(18)9-16(15)19(2)10-12-3-5-13(17)6-4-12/h3-9H,10H2,1-2H3. The van der Waals surface area contributed by atoms with Gasteiger partial charge < -0.3 is 4.90 Å². The zero-order valence-corrected chi connectivity index (χ0v) is 14.5. The van der Waals surface area contributed by atoms with Crippen molar-refractivity contribution < 1.29 is 4.79 Å². The molecule has 0 aromatic heterocycles. The number of carbonyl (C=O) groups excluding carboxylic acids is 1. The van der Waals surface area contributed by atoms with Gasteiger partial charge in [-0.25, -0.2) is 0 Å². The fourth-order valence-electron chi connectivity index (χ4n) is 2.07. The highest BCUT2D eigenvalue weighted by Gasteiger charge is 2.12. The SMILES string of the molecule is CC(=O)c1ccc(Br)cc1N(C)Cc1ccc(Br)cc1. The van der Waals surface area contributed by atoms with Crippen LogP contribution in [-0.4, -0.2) is 12.8 Å². The summed E-state index contributed by atoms with van der Waals surface area (Å²) in [5, 5.41) is 0. The summed E-state index contributed by atoms with van der Waals surface area (Å²) in [7, 11) is 2.00. The van der Waals surface area contributed by atoms with E-state index in [1.807, 2.05) is 37.4 Å². The normalized spacial score (nSPS) is 10.4. The summed E-state index contributed by atoms with van der Waals surface area (Å²) >= 11 is 6.90. The predicted octanol–water partition coefficient (Wildman–Crippen LogP) is 5.05. The van der Waals surface area contributed by atoms with Gasteiger partial charge in [0.15, 0.2) is 5.78 Å². The molecule has 2 rings (SSSR count). The molecule has 0 bridgehead atoms. The summed E-state index contributed by atoms with van der Waals surface area (Å²) < 4.78 is 2.04. The molecule has 0 heterocycles. The number of rotatable bonds is 4. The second kappa shape index (κ2) is 6.55. The first kappa shape index (κ1) is 15.3. The number of halogens is 2. The molecule has 0 radical (unpaired) electrons. The molecular weight excluding hydrogens is 382 g/mol. The lowest BCUT2D eigenvalue weighted by Crippen LogP contribution is -2.19. The van der Waals surface area contributed by atoms with Crippen LogP contribution in [0.25, 0.3) is 0 Å². The zero-order valence-electron chi connectivity index (χ0n) is 11.4. The highest BCUT2D eigenvalue weighted by Crippen LogP contribution is 2.26. The van der Waals surface area contributed by atoms with Crippen molar-refractivity contribution in [2.75, 3.05) is 11.9 Å². The topological polar surface area (TPSA) is 20.3 Å². The Morgan fingerprint density at radius 1 is 1.05 bits per heavy atom.